The van der Waals surface area contributed by atoms with Gasteiger partial charge in [0.1, 0.15) is 5.70 Å². The van der Waals surface area contributed by atoms with Gasteiger partial charge in [0.2, 0.25) is 0 Å². The Balaban J connectivity index is 1.86. The quantitative estimate of drug-likeness (QED) is 0.528. The molecule has 0 saturated carbocycles. The van der Waals surface area contributed by atoms with Crippen molar-refractivity contribution < 1.29 is 19.1 Å². The number of hydrogen-bond donors (Lipinski definition) is 2. The zero-order valence-electron chi connectivity index (χ0n) is 18.3. The molecule has 3 aromatic carbocycles. The molecule has 0 heterocycles. The average molecular weight is 431 g/mol. The zero-order chi connectivity index (χ0) is 22.9. The van der Waals surface area contributed by atoms with Gasteiger partial charge in [0.05, 0.1) is 14.2 Å². The lowest BCUT2D eigenvalue weighted by Crippen LogP contribution is -2.34. The molecular weight excluding hydrogens is 404 g/mol. The standard InChI is InChI=1S/C26H26N2O4/c1-18-9-11-19(12-10-18)17-27-26(30)22(28-25(29)21-7-5-4-6-8-21)15-20-13-14-23(31-2)24(16-20)32-3/h4-16H,17H2,1-3H3,(H,27,30)(H,28,29)/b22-15-. The predicted octanol–water partition coefficient (Wildman–Crippen LogP) is 4.10. The van der Waals surface area contributed by atoms with Crippen molar-refractivity contribution in [1.82, 2.24) is 10.6 Å². The Bertz CT molecular complexity index is 1110. The van der Waals surface area contributed by atoms with Crippen LogP contribution in [0.25, 0.3) is 6.08 Å². The summed E-state index contributed by atoms with van der Waals surface area (Å²) in [6.07, 6.45) is 1.60. The minimum Gasteiger partial charge on any atom is -0.493 e. The fourth-order valence-electron chi connectivity index (χ4n) is 3.04. The summed E-state index contributed by atoms with van der Waals surface area (Å²) in [5.74, 6) is 0.325. The van der Waals surface area contributed by atoms with Gasteiger partial charge in [-0.15, -0.1) is 0 Å². The average Bonchev–Trinajstić information content (AvgIpc) is 2.83. The van der Waals surface area contributed by atoms with Gasteiger partial charge in [0.15, 0.2) is 11.5 Å². The van der Waals surface area contributed by atoms with Crippen LogP contribution in [0, 0.1) is 6.92 Å². The Hall–Kier alpha value is -4.06. The van der Waals surface area contributed by atoms with Gasteiger partial charge >= 0.3 is 0 Å². The highest BCUT2D eigenvalue weighted by Crippen LogP contribution is 2.28. The van der Waals surface area contributed by atoms with Crippen LogP contribution in [0.2, 0.25) is 0 Å². The van der Waals surface area contributed by atoms with Crippen molar-refractivity contribution in [2.24, 2.45) is 0 Å². The molecular formula is C26H26N2O4. The Morgan fingerprint density at radius 1 is 0.875 bits per heavy atom. The van der Waals surface area contributed by atoms with Crippen LogP contribution in [0.5, 0.6) is 11.5 Å². The molecule has 0 unspecified atom stereocenters. The first-order valence-corrected chi connectivity index (χ1v) is 10.1. The number of aryl methyl sites for hydroxylation is 1. The molecule has 0 aliphatic heterocycles. The second-order valence-electron chi connectivity index (χ2n) is 7.16. The first-order chi connectivity index (χ1) is 15.5. The zero-order valence-corrected chi connectivity index (χ0v) is 18.3. The topological polar surface area (TPSA) is 76.7 Å². The van der Waals surface area contributed by atoms with E-state index in [2.05, 4.69) is 10.6 Å². The molecule has 0 radical (unpaired) electrons. The van der Waals surface area contributed by atoms with Crippen LogP contribution in [0.3, 0.4) is 0 Å². The third-order valence-corrected chi connectivity index (χ3v) is 4.82. The summed E-state index contributed by atoms with van der Waals surface area (Å²) in [6.45, 7) is 2.34. The molecule has 0 aliphatic carbocycles. The van der Waals surface area contributed by atoms with Crippen molar-refractivity contribution in [2.75, 3.05) is 14.2 Å². The largest absolute Gasteiger partial charge is 0.493 e. The lowest BCUT2D eigenvalue weighted by Gasteiger charge is -2.12. The fourth-order valence-corrected chi connectivity index (χ4v) is 3.04. The van der Waals surface area contributed by atoms with Gasteiger partial charge in [-0.2, -0.15) is 0 Å². The van der Waals surface area contributed by atoms with Gasteiger partial charge < -0.3 is 20.1 Å². The molecule has 0 aliphatic rings. The molecule has 3 rings (SSSR count). The molecule has 32 heavy (non-hydrogen) atoms. The van der Waals surface area contributed by atoms with Crippen LogP contribution >= 0.6 is 0 Å². The van der Waals surface area contributed by atoms with Gasteiger partial charge in [-0.3, -0.25) is 9.59 Å². The van der Waals surface area contributed by atoms with E-state index in [-0.39, 0.29) is 11.6 Å². The predicted molar refractivity (Wildman–Crippen MR) is 124 cm³/mol. The molecule has 6 nitrogen and oxygen atoms in total. The van der Waals surface area contributed by atoms with E-state index in [0.717, 1.165) is 11.1 Å². The van der Waals surface area contributed by atoms with Crippen LogP contribution in [0.15, 0.2) is 78.5 Å². The number of nitrogens with one attached hydrogen (secondary N) is 2. The maximum absolute atomic E-state index is 13.0. The minimum absolute atomic E-state index is 0.123. The van der Waals surface area contributed by atoms with E-state index >= 15 is 0 Å². The van der Waals surface area contributed by atoms with E-state index in [9.17, 15) is 9.59 Å². The summed E-state index contributed by atoms with van der Waals surface area (Å²) in [7, 11) is 3.09. The number of methoxy groups -OCH3 is 2. The second kappa shape index (κ2) is 10.8. The van der Waals surface area contributed by atoms with Gasteiger partial charge in [-0.25, -0.2) is 0 Å². The van der Waals surface area contributed by atoms with Crippen molar-refractivity contribution >= 4 is 17.9 Å². The number of amides is 2. The maximum atomic E-state index is 13.0. The molecule has 0 spiro atoms. The van der Waals surface area contributed by atoms with Crippen LogP contribution in [-0.4, -0.2) is 26.0 Å². The summed E-state index contributed by atoms with van der Waals surface area (Å²) < 4.78 is 10.6. The molecule has 0 aromatic heterocycles. The number of carbonyl (C=O) groups is 2. The van der Waals surface area contributed by atoms with Crippen molar-refractivity contribution in [1.29, 1.82) is 0 Å². The normalized spacial score (nSPS) is 10.9. The van der Waals surface area contributed by atoms with E-state index in [4.69, 9.17) is 9.47 Å². The number of carbonyl (C=O) groups excluding carboxylic acids is 2. The Labute approximate surface area is 187 Å². The minimum atomic E-state index is -0.398. The molecule has 0 bridgehead atoms. The van der Waals surface area contributed by atoms with Crippen LogP contribution < -0.4 is 20.1 Å². The third-order valence-electron chi connectivity index (χ3n) is 4.82. The highest BCUT2D eigenvalue weighted by atomic mass is 16.5. The van der Waals surface area contributed by atoms with Crippen LogP contribution in [0.1, 0.15) is 27.0 Å². The molecule has 164 valence electrons. The summed E-state index contributed by atoms with van der Waals surface area (Å²) in [6, 6.07) is 21.9. The second-order valence-corrected chi connectivity index (χ2v) is 7.16. The van der Waals surface area contributed by atoms with Crippen molar-refractivity contribution in [3.63, 3.8) is 0 Å². The van der Waals surface area contributed by atoms with Crippen molar-refractivity contribution in [2.45, 2.75) is 13.5 Å². The Morgan fingerprint density at radius 2 is 1.56 bits per heavy atom. The summed E-state index contributed by atoms with van der Waals surface area (Å²) in [5, 5.41) is 5.60. The first kappa shape index (κ1) is 22.6. The van der Waals surface area contributed by atoms with Gasteiger partial charge in [0.25, 0.3) is 11.8 Å². The fraction of sp³-hybridized carbons (Fsp3) is 0.154. The van der Waals surface area contributed by atoms with E-state index in [0.29, 0.717) is 29.2 Å². The SMILES string of the molecule is COc1ccc(/C=C(\NC(=O)c2ccccc2)C(=O)NCc2ccc(C)cc2)cc1OC. The molecule has 0 saturated heterocycles. The first-order valence-electron chi connectivity index (χ1n) is 10.1. The van der Waals surface area contributed by atoms with Crippen LogP contribution in [-0.2, 0) is 11.3 Å². The summed E-state index contributed by atoms with van der Waals surface area (Å²) >= 11 is 0. The monoisotopic (exact) mass is 430 g/mol. The van der Waals surface area contributed by atoms with Gasteiger partial charge in [-0.05, 0) is 48.4 Å². The Kier molecular flexibility index (Phi) is 7.65. The molecule has 0 atom stereocenters. The number of benzene rings is 3. The molecule has 3 aromatic rings. The summed E-state index contributed by atoms with van der Waals surface area (Å²) in [4.78, 5) is 25.7. The molecule has 0 fully saturated rings. The molecule has 2 amide bonds. The van der Waals surface area contributed by atoms with Gasteiger partial charge in [-0.1, -0.05) is 54.1 Å². The van der Waals surface area contributed by atoms with Crippen molar-refractivity contribution in [3.8, 4) is 11.5 Å². The van der Waals surface area contributed by atoms with Crippen molar-refractivity contribution in [3.05, 3.63) is 101 Å². The van der Waals surface area contributed by atoms with E-state index in [1.807, 2.05) is 37.3 Å². The maximum Gasteiger partial charge on any atom is 0.268 e. The number of ether oxygens (including phenoxy) is 2. The lowest BCUT2D eigenvalue weighted by atomic mass is 10.1. The van der Waals surface area contributed by atoms with E-state index < -0.39 is 5.91 Å². The number of rotatable bonds is 8. The molecule has 6 heteroatoms. The number of hydrogen-bond acceptors (Lipinski definition) is 4. The smallest absolute Gasteiger partial charge is 0.268 e. The lowest BCUT2D eigenvalue weighted by molar-refractivity contribution is -0.117. The Morgan fingerprint density at radius 3 is 2.22 bits per heavy atom. The third kappa shape index (κ3) is 5.98. The molecule has 2 N–H and O–H groups in total. The van der Waals surface area contributed by atoms with E-state index in [1.165, 1.54) is 7.11 Å². The van der Waals surface area contributed by atoms with E-state index in [1.54, 1.807) is 55.7 Å². The summed E-state index contributed by atoms with van der Waals surface area (Å²) in [5.41, 5.74) is 3.36. The highest BCUT2D eigenvalue weighted by Gasteiger charge is 2.15. The van der Waals surface area contributed by atoms with Crippen LogP contribution in [0.4, 0.5) is 0 Å². The van der Waals surface area contributed by atoms with Gasteiger partial charge in [0, 0.05) is 12.1 Å². The highest BCUT2D eigenvalue weighted by molar-refractivity contribution is 6.05.